The third-order valence-corrected chi connectivity index (χ3v) is 2.80. The second-order valence-corrected chi connectivity index (χ2v) is 4.49. The van der Waals surface area contributed by atoms with Gasteiger partial charge in [-0.2, -0.15) is 0 Å². The van der Waals surface area contributed by atoms with E-state index in [4.69, 9.17) is 16.3 Å². The van der Waals surface area contributed by atoms with Crippen LogP contribution in [-0.4, -0.2) is 41.5 Å². The molecule has 0 aliphatic heterocycles. The van der Waals surface area contributed by atoms with E-state index in [0.29, 0.717) is 10.7 Å². The van der Waals surface area contributed by atoms with E-state index in [1.165, 1.54) is 17.2 Å². The van der Waals surface area contributed by atoms with Crippen molar-refractivity contribution in [1.29, 1.82) is 0 Å². The van der Waals surface area contributed by atoms with Gasteiger partial charge < -0.3 is 9.64 Å². The highest BCUT2D eigenvalue weighted by Crippen LogP contribution is 2.17. The van der Waals surface area contributed by atoms with Crippen molar-refractivity contribution in [1.82, 2.24) is 9.88 Å². The molecule has 0 unspecified atom stereocenters. The number of carbonyl (C=O) groups is 2. The fraction of sp³-hybridized carbons (Fsp3) is 0.357. The van der Waals surface area contributed by atoms with Crippen molar-refractivity contribution < 1.29 is 14.3 Å². The van der Waals surface area contributed by atoms with Gasteiger partial charge in [-0.05, 0) is 19.9 Å². The maximum atomic E-state index is 12.4. The molecule has 1 amide bonds. The van der Waals surface area contributed by atoms with E-state index in [0.717, 1.165) is 0 Å². The van der Waals surface area contributed by atoms with E-state index < -0.39 is 5.97 Å². The lowest BCUT2D eigenvalue weighted by Crippen LogP contribution is -2.36. The summed E-state index contributed by atoms with van der Waals surface area (Å²) in [5.41, 5.74) is 0.968. The molecule has 0 bridgehead atoms. The number of nitrogens with zero attached hydrogens (tertiary/aromatic N) is 2. The van der Waals surface area contributed by atoms with Crippen LogP contribution in [0.25, 0.3) is 0 Å². The van der Waals surface area contributed by atoms with Gasteiger partial charge in [0.2, 0.25) is 0 Å². The number of halogens is 1. The Morgan fingerprint density at radius 2 is 2.25 bits per heavy atom. The number of carbonyl (C=O) groups excluding carboxylic acids is 2. The molecule has 0 aliphatic rings. The molecule has 1 rings (SSSR count). The van der Waals surface area contributed by atoms with E-state index in [1.807, 2.05) is 0 Å². The summed E-state index contributed by atoms with van der Waals surface area (Å²) in [6.07, 6.45) is 2.94. The molecule has 0 saturated heterocycles. The first kappa shape index (κ1) is 16.2. The number of amides is 1. The lowest BCUT2D eigenvalue weighted by Gasteiger charge is -2.20. The predicted octanol–water partition coefficient (Wildman–Crippen LogP) is 2.23. The number of pyridine rings is 1. The smallest absolute Gasteiger partial charge is 0.325 e. The number of aryl methyl sites for hydroxylation is 1. The maximum absolute atomic E-state index is 12.4. The summed E-state index contributed by atoms with van der Waals surface area (Å²) in [7, 11) is 0. The molecule has 6 heteroatoms. The zero-order valence-corrected chi connectivity index (χ0v) is 12.3. The Balaban J connectivity index is 2.93. The molecular weight excluding hydrogens is 280 g/mol. The summed E-state index contributed by atoms with van der Waals surface area (Å²) in [6, 6.07) is 1.60. The lowest BCUT2D eigenvalue weighted by molar-refractivity contribution is -0.143. The fourth-order valence-electron chi connectivity index (χ4n) is 1.59. The fourth-order valence-corrected chi connectivity index (χ4v) is 1.88. The zero-order valence-electron chi connectivity index (χ0n) is 11.6. The molecule has 0 atom stereocenters. The Morgan fingerprint density at radius 3 is 2.80 bits per heavy atom. The standard InChI is InChI=1S/C14H17ClN2O3/c1-4-6-17(9-13(18)20-5-2)14(19)11-8-16-10(3)7-12(11)15/h4,7-8H,1,5-6,9H2,2-3H3. The summed E-state index contributed by atoms with van der Waals surface area (Å²) in [4.78, 5) is 29.2. The van der Waals surface area contributed by atoms with E-state index in [-0.39, 0.29) is 31.2 Å². The third kappa shape index (κ3) is 4.35. The zero-order chi connectivity index (χ0) is 15.1. The quantitative estimate of drug-likeness (QED) is 0.597. The summed E-state index contributed by atoms with van der Waals surface area (Å²) in [5, 5.41) is 0.306. The highest BCUT2D eigenvalue weighted by atomic mass is 35.5. The van der Waals surface area contributed by atoms with Crippen LogP contribution in [0.2, 0.25) is 5.02 Å². The second kappa shape index (κ2) is 7.65. The van der Waals surface area contributed by atoms with Crippen LogP contribution in [-0.2, 0) is 9.53 Å². The van der Waals surface area contributed by atoms with Crippen molar-refractivity contribution >= 4 is 23.5 Å². The topological polar surface area (TPSA) is 59.5 Å². The Hall–Kier alpha value is -1.88. The Kier molecular flexibility index (Phi) is 6.18. The molecule has 0 spiro atoms. The minimum absolute atomic E-state index is 0.150. The van der Waals surface area contributed by atoms with Gasteiger partial charge in [-0.25, -0.2) is 0 Å². The predicted molar refractivity (Wildman–Crippen MR) is 76.7 cm³/mol. The second-order valence-electron chi connectivity index (χ2n) is 4.08. The summed E-state index contributed by atoms with van der Waals surface area (Å²) < 4.78 is 4.84. The molecule has 0 radical (unpaired) electrons. The number of ether oxygens (including phenoxy) is 1. The van der Waals surface area contributed by atoms with Crippen LogP contribution in [0.3, 0.4) is 0 Å². The van der Waals surface area contributed by atoms with Crippen molar-refractivity contribution in [2.24, 2.45) is 0 Å². The molecular formula is C14H17ClN2O3. The minimum Gasteiger partial charge on any atom is -0.465 e. The van der Waals surface area contributed by atoms with Crippen LogP contribution in [0, 0.1) is 6.92 Å². The molecule has 1 aromatic heterocycles. The average Bonchev–Trinajstić information content (AvgIpc) is 2.38. The van der Waals surface area contributed by atoms with Gasteiger partial charge in [0.05, 0.1) is 17.2 Å². The molecule has 5 nitrogen and oxygen atoms in total. The van der Waals surface area contributed by atoms with Gasteiger partial charge in [-0.1, -0.05) is 17.7 Å². The highest BCUT2D eigenvalue weighted by Gasteiger charge is 2.21. The number of hydrogen-bond donors (Lipinski definition) is 0. The minimum atomic E-state index is -0.473. The normalized spacial score (nSPS) is 9.95. The lowest BCUT2D eigenvalue weighted by atomic mass is 10.2. The largest absolute Gasteiger partial charge is 0.465 e. The molecule has 1 aromatic rings. The van der Waals surface area contributed by atoms with Crippen LogP contribution in [0.4, 0.5) is 0 Å². The van der Waals surface area contributed by atoms with Crippen molar-refractivity contribution in [2.75, 3.05) is 19.7 Å². The number of esters is 1. The van der Waals surface area contributed by atoms with E-state index in [2.05, 4.69) is 11.6 Å². The number of aromatic nitrogens is 1. The molecule has 1 heterocycles. The first-order valence-electron chi connectivity index (χ1n) is 6.17. The van der Waals surface area contributed by atoms with Crippen molar-refractivity contribution in [3.8, 4) is 0 Å². The summed E-state index contributed by atoms with van der Waals surface area (Å²) in [6.45, 7) is 7.40. The average molecular weight is 297 g/mol. The van der Waals surface area contributed by atoms with Gasteiger partial charge in [-0.15, -0.1) is 6.58 Å². The van der Waals surface area contributed by atoms with E-state index in [1.54, 1.807) is 19.9 Å². The first-order valence-corrected chi connectivity index (χ1v) is 6.55. The first-order chi connectivity index (χ1) is 9.49. The molecule has 20 heavy (non-hydrogen) atoms. The third-order valence-electron chi connectivity index (χ3n) is 2.48. The Morgan fingerprint density at radius 1 is 1.55 bits per heavy atom. The van der Waals surface area contributed by atoms with Gasteiger partial charge in [0.1, 0.15) is 6.54 Å². The van der Waals surface area contributed by atoms with Crippen LogP contribution >= 0.6 is 11.6 Å². The van der Waals surface area contributed by atoms with E-state index in [9.17, 15) is 9.59 Å². The van der Waals surface area contributed by atoms with Crippen molar-refractivity contribution in [2.45, 2.75) is 13.8 Å². The molecule has 108 valence electrons. The molecule has 0 saturated carbocycles. The monoisotopic (exact) mass is 296 g/mol. The van der Waals surface area contributed by atoms with Gasteiger partial charge >= 0.3 is 5.97 Å². The molecule has 0 aromatic carbocycles. The Bertz CT molecular complexity index is 517. The maximum Gasteiger partial charge on any atom is 0.325 e. The van der Waals surface area contributed by atoms with Gasteiger partial charge in [-0.3, -0.25) is 14.6 Å². The van der Waals surface area contributed by atoms with Crippen LogP contribution in [0.5, 0.6) is 0 Å². The van der Waals surface area contributed by atoms with E-state index >= 15 is 0 Å². The number of hydrogen-bond acceptors (Lipinski definition) is 4. The van der Waals surface area contributed by atoms with Crippen LogP contribution < -0.4 is 0 Å². The van der Waals surface area contributed by atoms with Crippen LogP contribution in [0.15, 0.2) is 24.9 Å². The SMILES string of the molecule is C=CCN(CC(=O)OCC)C(=O)c1cnc(C)cc1Cl. The summed E-state index contributed by atoms with van der Waals surface area (Å²) in [5.74, 6) is -0.852. The number of rotatable bonds is 6. The highest BCUT2D eigenvalue weighted by molar-refractivity contribution is 6.33. The Labute approximate surface area is 123 Å². The van der Waals surface area contributed by atoms with Crippen molar-refractivity contribution in [3.63, 3.8) is 0 Å². The van der Waals surface area contributed by atoms with Crippen LogP contribution in [0.1, 0.15) is 23.0 Å². The molecule has 0 N–H and O–H groups in total. The van der Waals surface area contributed by atoms with Gasteiger partial charge in [0.15, 0.2) is 0 Å². The van der Waals surface area contributed by atoms with Gasteiger partial charge in [0.25, 0.3) is 5.91 Å². The molecule has 0 fully saturated rings. The van der Waals surface area contributed by atoms with Gasteiger partial charge in [0, 0.05) is 18.4 Å². The van der Waals surface area contributed by atoms with Crippen molar-refractivity contribution in [3.05, 3.63) is 41.2 Å². The molecule has 0 aliphatic carbocycles. The summed E-state index contributed by atoms with van der Waals surface area (Å²) >= 11 is 6.04.